The van der Waals surface area contributed by atoms with Crippen LogP contribution in [-0.4, -0.2) is 79.5 Å². The maximum atomic E-state index is 11.6. The maximum absolute atomic E-state index is 11.6. The fourth-order valence-electron chi connectivity index (χ4n) is 5.88. The molecule has 9 nitrogen and oxygen atoms in total. The summed E-state index contributed by atoms with van der Waals surface area (Å²) < 4.78 is 28.5. The molecule has 0 amide bonds. The first kappa shape index (κ1) is 21.4. The van der Waals surface area contributed by atoms with Gasteiger partial charge in [-0.1, -0.05) is 6.07 Å². The molecule has 3 heterocycles. The summed E-state index contributed by atoms with van der Waals surface area (Å²) in [5.41, 5.74) is 1.15. The van der Waals surface area contributed by atoms with E-state index in [0.717, 1.165) is 19.4 Å². The van der Waals surface area contributed by atoms with Crippen LogP contribution in [-0.2, 0) is 24.4 Å². The van der Waals surface area contributed by atoms with Crippen LogP contribution in [0.25, 0.3) is 0 Å². The van der Waals surface area contributed by atoms with E-state index in [4.69, 9.17) is 23.7 Å². The number of fused-ring (bicyclic) bond motifs is 1. The number of aliphatic hydroxyl groups is 2. The second-order valence-electron chi connectivity index (χ2n) is 9.11. The van der Waals surface area contributed by atoms with Crippen LogP contribution < -0.4 is 9.47 Å². The highest BCUT2D eigenvalue weighted by Crippen LogP contribution is 2.54. The fraction of sp³-hybridized carbons (Fsp3) is 0.609. The molecule has 0 aromatic heterocycles. The van der Waals surface area contributed by atoms with Gasteiger partial charge in [0.25, 0.3) is 0 Å². The Bertz CT molecular complexity index is 963. The number of methoxy groups -OCH3 is 2. The molecule has 3 unspecified atom stereocenters. The van der Waals surface area contributed by atoms with Gasteiger partial charge in [0, 0.05) is 24.3 Å². The smallest absolute Gasteiger partial charge is 0.377 e. The van der Waals surface area contributed by atoms with Crippen molar-refractivity contribution in [3.05, 3.63) is 35.3 Å². The van der Waals surface area contributed by atoms with Crippen LogP contribution in [0.4, 0.5) is 0 Å². The van der Waals surface area contributed by atoms with Crippen molar-refractivity contribution in [2.45, 2.75) is 55.1 Å². The minimum absolute atomic E-state index is 0.0650. The van der Waals surface area contributed by atoms with Gasteiger partial charge in [0.2, 0.25) is 5.76 Å². The lowest BCUT2D eigenvalue weighted by Gasteiger charge is -2.48. The highest BCUT2D eigenvalue weighted by atomic mass is 16.8. The highest BCUT2D eigenvalue weighted by Gasteiger charge is 2.59. The van der Waals surface area contributed by atoms with Crippen LogP contribution in [0.5, 0.6) is 11.5 Å². The van der Waals surface area contributed by atoms with E-state index < -0.39 is 35.5 Å². The standard InChI is InChI=1S/C23H29NO8/c1-24-9-8-22(13-4-5-14(28-2)15(10-13)29-3)6-7-23(11-17(22)24)30-12-16(32-23)20-18(25)19(26)21(27)31-20/h4-5,10,16-17,20,25-26H,6-9,11-12H2,1-3H3/t16?,17-,20?,22-,23?/m0/s1. The largest absolute Gasteiger partial charge is 0.505 e. The average Bonchev–Trinajstić information content (AvgIpc) is 3.45. The third kappa shape index (κ3) is 3.06. The number of rotatable bonds is 4. The summed E-state index contributed by atoms with van der Waals surface area (Å²) in [5, 5.41) is 19.7. The van der Waals surface area contributed by atoms with Crippen molar-refractivity contribution in [1.29, 1.82) is 0 Å². The van der Waals surface area contributed by atoms with E-state index in [0.29, 0.717) is 24.3 Å². The first-order chi connectivity index (χ1) is 15.3. The van der Waals surface area contributed by atoms with Gasteiger partial charge in [0.05, 0.1) is 20.8 Å². The Balaban J connectivity index is 1.39. The number of carbonyl (C=O) groups excluding carboxylic acids is 1. The predicted molar refractivity (Wildman–Crippen MR) is 112 cm³/mol. The summed E-state index contributed by atoms with van der Waals surface area (Å²) in [6.07, 6.45) is 1.47. The van der Waals surface area contributed by atoms with Crippen molar-refractivity contribution in [3.63, 3.8) is 0 Å². The van der Waals surface area contributed by atoms with Gasteiger partial charge in [0.1, 0.15) is 6.10 Å². The SMILES string of the molecule is COc1ccc([C@]23CCN(C)[C@H]2CC2(CC3)OCC(C3OC(=O)C(O)=C3O)O2)cc1OC. The van der Waals surface area contributed by atoms with Crippen molar-refractivity contribution < 1.29 is 38.7 Å². The number of carbonyl (C=O) groups is 1. The van der Waals surface area contributed by atoms with Crippen molar-refractivity contribution >= 4 is 5.97 Å². The second-order valence-corrected chi connectivity index (χ2v) is 9.11. The minimum Gasteiger partial charge on any atom is -0.505 e. The van der Waals surface area contributed by atoms with E-state index in [1.807, 2.05) is 6.07 Å². The lowest BCUT2D eigenvalue weighted by Crippen LogP contribution is -2.53. The zero-order chi connectivity index (χ0) is 22.7. The average molecular weight is 447 g/mol. The molecule has 1 aliphatic carbocycles. The topological polar surface area (TPSA) is 107 Å². The minimum atomic E-state index is -1.04. The Kier molecular flexibility index (Phi) is 5.03. The van der Waals surface area contributed by atoms with E-state index in [1.54, 1.807) is 14.2 Å². The highest BCUT2D eigenvalue weighted by molar-refractivity contribution is 5.89. The Morgan fingerprint density at radius 2 is 1.91 bits per heavy atom. The number of likely N-dealkylation sites (tertiary alicyclic amines) is 1. The van der Waals surface area contributed by atoms with Gasteiger partial charge in [-0.25, -0.2) is 4.79 Å². The van der Waals surface area contributed by atoms with Gasteiger partial charge < -0.3 is 38.8 Å². The van der Waals surface area contributed by atoms with E-state index in [-0.39, 0.29) is 18.1 Å². The molecule has 1 aromatic rings. The number of esters is 1. The first-order valence-corrected chi connectivity index (χ1v) is 10.9. The summed E-state index contributed by atoms with van der Waals surface area (Å²) in [7, 11) is 5.39. The lowest BCUT2D eigenvalue weighted by atomic mass is 9.64. The third-order valence-corrected chi connectivity index (χ3v) is 7.65. The van der Waals surface area contributed by atoms with Gasteiger partial charge >= 0.3 is 5.97 Å². The summed E-state index contributed by atoms with van der Waals surface area (Å²) in [6.45, 7) is 1.13. The molecular weight excluding hydrogens is 418 g/mol. The fourth-order valence-corrected chi connectivity index (χ4v) is 5.88. The van der Waals surface area contributed by atoms with Gasteiger partial charge in [-0.3, -0.25) is 0 Å². The zero-order valence-electron chi connectivity index (χ0n) is 18.5. The van der Waals surface area contributed by atoms with Crippen LogP contribution in [0.15, 0.2) is 29.7 Å². The molecule has 3 fully saturated rings. The number of hydrogen-bond acceptors (Lipinski definition) is 9. The Labute approximate surface area is 186 Å². The van der Waals surface area contributed by atoms with Crippen molar-refractivity contribution in [1.82, 2.24) is 4.90 Å². The number of benzene rings is 1. The number of ether oxygens (including phenoxy) is 5. The summed E-state index contributed by atoms with van der Waals surface area (Å²) in [4.78, 5) is 13.9. The zero-order valence-corrected chi connectivity index (χ0v) is 18.5. The van der Waals surface area contributed by atoms with E-state index in [9.17, 15) is 15.0 Å². The molecule has 5 atom stereocenters. The molecule has 4 aliphatic rings. The predicted octanol–water partition coefficient (Wildman–Crippen LogP) is 2.19. The number of cyclic esters (lactones) is 1. The first-order valence-electron chi connectivity index (χ1n) is 10.9. The van der Waals surface area contributed by atoms with Gasteiger partial charge in [-0.15, -0.1) is 0 Å². The molecule has 9 heteroatoms. The molecule has 174 valence electrons. The number of nitrogens with zero attached hydrogens (tertiary/aromatic N) is 1. The van der Waals surface area contributed by atoms with Crippen LogP contribution in [0, 0.1) is 0 Å². The number of likely N-dealkylation sites (N-methyl/N-ethyl adjacent to an activating group) is 1. The van der Waals surface area contributed by atoms with Gasteiger partial charge in [-0.2, -0.15) is 0 Å². The van der Waals surface area contributed by atoms with Crippen LogP contribution in [0.1, 0.15) is 31.2 Å². The monoisotopic (exact) mass is 447 g/mol. The molecule has 2 saturated heterocycles. The normalized spacial score (nSPS) is 37.1. The lowest BCUT2D eigenvalue weighted by molar-refractivity contribution is -0.211. The van der Waals surface area contributed by atoms with Crippen LogP contribution in [0.3, 0.4) is 0 Å². The molecule has 0 bridgehead atoms. The quantitative estimate of drug-likeness (QED) is 0.672. The van der Waals surface area contributed by atoms with Crippen LogP contribution >= 0.6 is 0 Å². The molecule has 1 aromatic carbocycles. The molecule has 2 N–H and O–H groups in total. The Morgan fingerprint density at radius 1 is 1.12 bits per heavy atom. The van der Waals surface area contributed by atoms with E-state index >= 15 is 0 Å². The maximum Gasteiger partial charge on any atom is 0.377 e. The summed E-state index contributed by atoms with van der Waals surface area (Å²) >= 11 is 0. The third-order valence-electron chi connectivity index (χ3n) is 7.65. The Hall–Kier alpha value is -2.49. The summed E-state index contributed by atoms with van der Waals surface area (Å²) in [5.74, 6) is -1.59. The molecule has 3 aliphatic heterocycles. The van der Waals surface area contributed by atoms with Crippen molar-refractivity contribution in [2.24, 2.45) is 0 Å². The molecule has 1 saturated carbocycles. The van der Waals surface area contributed by atoms with Gasteiger partial charge in [0.15, 0.2) is 29.1 Å². The molecule has 0 radical (unpaired) electrons. The number of aliphatic hydroxyl groups excluding tert-OH is 2. The molecular formula is C23H29NO8. The van der Waals surface area contributed by atoms with Gasteiger partial charge in [-0.05, 0) is 44.1 Å². The van der Waals surface area contributed by atoms with Crippen molar-refractivity contribution in [2.75, 3.05) is 34.4 Å². The van der Waals surface area contributed by atoms with Crippen molar-refractivity contribution in [3.8, 4) is 11.5 Å². The van der Waals surface area contributed by atoms with Crippen LogP contribution in [0.2, 0.25) is 0 Å². The second kappa shape index (κ2) is 7.54. The Morgan fingerprint density at radius 3 is 2.59 bits per heavy atom. The molecule has 5 rings (SSSR count). The number of hydrogen-bond donors (Lipinski definition) is 2. The molecule has 32 heavy (non-hydrogen) atoms. The molecule has 1 spiro atoms. The van der Waals surface area contributed by atoms with E-state index in [1.165, 1.54) is 5.56 Å². The summed E-state index contributed by atoms with van der Waals surface area (Å²) in [6, 6.07) is 6.33. The van der Waals surface area contributed by atoms with E-state index in [2.05, 4.69) is 24.1 Å².